The molecule has 0 spiro atoms. The van der Waals surface area contributed by atoms with Gasteiger partial charge in [-0.15, -0.1) is 12.4 Å². The zero-order chi connectivity index (χ0) is 23.4. The molecular weight excluding hydrogens is 470 g/mol. The molecule has 0 unspecified atom stereocenters. The minimum Gasteiger partial charge on any atom is -0.381 e. The molecule has 0 radical (unpaired) electrons. The van der Waals surface area contributed by atoms with E-state index < -0.39 is 20.5 Å². The zero-order valence-electron chi connectivity index (χ0n) is 18.4. The summed E-state index contributed by atoms with van der Waals surface area (Å²) in [7, 11) is -4.09. The van der Waals surface area contributed by atoms with E-state index in [2.05, 4.69) is 10.3 Å². The van der Waals surface area contributed by atoms with Crippen LogP contribution in [0, 0.1) is 0 Å². The van der Waals surface area contributed by atoms with Gasteiger partial charge < -0.3 is 10.1 Å². The Balaban J connectivity index is 0.00000385. The summed E-state index contributed by atoms with van der Waals surface area (Å²) in [5.74, 6) is -1.17. The van der Waals surface area contributed by atoms with Crippen molar-refractivity contribution in [1.82, 2.24) is 15.8 Å². The summed E-state index contributed by atoms with van der Waals surface area (Å²) in [6, 6.07) is 9.43. The summed E-state index contributed by atoms with van der Waals surface area (Å²) in [5, 5.41) is 12.0. The largest absolute Gasteiger partial charge is 0.381 e. The number of nitrogens with one attached hydrogen (secondary N) is 2. The third-order valence-electron chi connectivity index (χ3n) is 5.81. The van der Waals surface area contributed by atoms with E-state index >= 15 is 0 Å². The molecular formula is C22H28ClN3O6S. The number of carbonyl (C=O) groups is 2. The highest BCUT2D eigenvalue weighted by atomic mass is 35.5. The van der Waals surface area contributed by atoms with Crippen LogP contribution in [0.1, 0.15) is 43.5 Å². The van der Waals surface area contributed by atoms with Crippen LogP contribution in [-0.2, 0) is 19.4 Å². The summed E-state index contributed by atoms with van der Waals surface area (Å²) in [5.41, 5.74) is 3.17. The van der Waals surface area contributed by atoms with Gasteiger partial charge in [-0.2, -0.15) is 0 Å². The predicted molar refractivity (Wildman–Crippen MR) is 124 cm³/mol. The van der Waals surface area contributed by atoms with Crippen LogP contribution in [0.5, 0.6) is 0 Å². The molecule has 3 N–H and O–H groups in total. The molecule has 3 rings (SSSR count). The van der Waals surface area contributed by atoms with Crippen LogP contribution in [0.15, 0.2) is 47.5 Å². The van der Waals surface area contributed by atoms with Gasteiger partial charge in [0, 0.05) is 31.0 Å². The van der Waals surface area contributed by atoms with Crippen molar-refractivity contribution < 1.29 is 28.0 Å². The maximum Gasteiger partial charge on any atom is 0.265 e. The molecule has 0 aliphatic carbocycles. The van der Waals surface area contributed by atoms with E-state index in [0.29, 0.717) is 16.8 Å². The van der Waals surface area contributed by atoms with Crippen molar-refractivity contribution in [2.24, 2.45) is 0 Å². The predicted octanol–water partition coefficient (Wildman–Crippen LogP) is 2.53. The first-order valence-corrected chi connectivity index (χ1v) is 11.9. The quantitative estimate of drug-likeness (QED) is 0.395. The number of carbonyl (C=O) groups excluding carboxylic acids is 2. The van der Waals surface area contributed by atoms with Crippen molar-refractivity contribution in [3.8, 4) is 11.3 Å². The molecule has 1 fully saturated rings. The van der Waals surface area contributed by atoms with Crippen molar-refractivity contribution in [1.29, 1.82) is 0 Å². The number of benzene rings is 1. The summed E-state index contributed by atoms with van der Waals surface area (Å²) in [6.45, 7) is 4.11. The van der Waals surface area contributed by atoms with E-state index in [1.54, 1.807) is 24.3 Å². The summed E-state index contributed by atoms with van der Waals surface area (Å²) >= 11 is 0. The van der Waals surface area contributed by atoms with E-state index in [9.17, 15) is 18.0 Å². The molecule has 1 aliphatic rings. The maximum atomic E-state index is 13.3. The Morgan fingerprint density at radius 1 is 1.15 bits per heavy atom. The van der Waals surface area contributed by atoms with E-state index in [1.807, 2.05) is 13.8 Å². The molecule has 2 aromatic rings. The second kappa shape index (κ2) is 11.1. The van der Waals surface area contributed by atoms with Crippen LogP contribution < -0.4 is 10.8 Å². The SMILES string of the molecule is CC[C@@H](C)NC(=O)c1ccc(-c2ccc(S(=O)(=O)C3(C(=O)NO)CCOCC3)cc2)nc1.Cl. The van der Waals surface area contributed by atoms with E-state index in [-0.39, 0.29) is 55.3 Å². The first-order valence-electron chi connectivity index (χ1n) is 10.4. The lowest BCUT2D eigenvalue weighted by Gasteiger charge is -2.34. The Morgan fingerprint density at radius 2 is 1.79 bits per heavy atom. The highest BCUT2D eigenvalue weighted by molar-refractivity contribution is 7.93. The fourth-order valence-corrected chi connectivity index (χ4v) is 5.50. The molecule has 33 heavy (non-hydrogen) atoms. The van der Waals surface area contributed by atoms with Crippen LogP contribution in [0.25, 0.3) is 11.3 Å². The molecule has 2 amide bonds. The van der Waals surface area contributed by atoms with Crippen molar-refractivity contribution in [2.75, 3.05) is 13.2 Å². The average molecular weight is 498 g/mol. The number of amides is 2. The molecule has 180 valence electrons. The summed E-state index contributed by atoms with van der Waals surface area (Å²) < 4.78 is 30.0. The molecule has 1 aromatic heterocycles. The minimum atomic E-state index is -4.09. The van der Waals surface area contributed by atoms with Crippen LogP contribution >= 0.6 is 12.4 Å². The fraction of sp³-hybridized carbons (Fsp3) is 0.409. The van der Waals surface area contributed by atoms with Crippen molar-refractivity contribution in [3.05, 3.63) is 48.2 Å². The normalized spacial score (nSPS) is 16.2. The molecule has 11 heteroatoms. The highest BCUT2D eigenvalue weighted by Crippen LogP contribution is 2.35. The van der Waals surface area contributed by atoms with Crippen LogP contribution in [0.2, 0.25) is 0 Å². The Bertz CT molecular complexity index is 1070. The van der Waals surface area contributed by atoms with Crippen LogP contribution in [-0.4, -0.2) is 54.4 Å². The highest BCUT2D eigenvalue weighted by Gasteiger charge is 2.52. The van der Waals surface area contributed by atoms with Crippen molar-refractivity contribution in [3.63, 3.8) is 0 Å². The third-order valence-corrected chi connectivity index (χ3v) is 8.32. The number of aromatic nitrogens is 1. The Labute approximate surface area is 199 Å². The molecule has 0 bridgehead atoms. The topological polar surface area (TPSA) is 135 Å². The number of hydroxylamine groups is 1. The van der Waals surface area contributed by atoms with Gasteiger partial charge in [0.15, 0.2) is 14.6 Å². The van der Waals surface area contributed by atoms with Gasteiger partial charge in [0.1, 0.15) is 0 Å². The van der Waals surface area contributed by atoms with E-state index in [1.165, 1.54) is 23.8 Å². The van der Waals surface area contributed by atoms with Gasteiger partial charge in [-0.25, -0.2) is 13.9 Å². The van der Waals surface area contributed by atoms with Crippen LogP contribution in [0.3, 0.4) is 0 Å². The van der Waals surface area contributed by atoms with Gasteiger partial charge in [0.2, 0.25) is 0 Å². The maximum absolute atomic E-state index is 13.3. The van der Waals surface area contributed by atoms with Gasteiger partial charge >= 0.3 is 0 Å². The smallest absolute Gasteiger partial charge is 0.265 e. The number of sulfone groups is 1. The Kier molecular flexibility index (Phi) is 8.96. The standard InChI is InChI=1S/C22H27N3O6S.ClH/c1-3-15(2)24-20(26)17-6-9-19(23-14-17)16-4-7-18(8-5-16)32(29,30)22(21(27)25-28)10-12-31-13-11-22;/h4-9,14-15,28H,3,10-13H2,1-2H3,(H,24,26)(H,25,27);1H/t15-;/m1./s1. The summed E-state index contributed by atoms with van der Waals surface area (Å²) in [6.07, 6.45) is 2.19. The zero-order valence-corrected chi connectivity index (χ0v) is 20.0. The van der Waals surface area contributed by atoms with Gasteiger partial charge in [0.25, 0.3) is 11.8 Å². The van der Waals surface area contributed by atoms with Gasteiger partial charge in [-0.1, -0.05) is 19.1 Å². The van der Waals surface area contributed by atoms with Crippen LogP contribution in [0.4, 0.5) is 0 Å². The molecule has 2 heterocycles. The van der Waals surface area contributed by atoms with E-state index in [0.717, 1.165) is 6.42 Å². The monoisotopic (exact) mass is 497 g/mol. The number of hydrogen-bond acceptors (Lipinski definition) is 7. The molecule has 1 aromatic carbocycles. The lowest BCUT2D eigenvalue weighted by Crippen LogP contribution is -2.54. The lowest BCUT2D eigenvalue weighted by atomic mass is 9.98. The number of hydrogen-bond donors (Lipinski definition) is 3. The third kappa shape index (κ3) is 5.35. The number of halogens is 1. The first-order chi connectivity index (χ1) is 15.2. The average Bonchev–Trinajstić information content (AvgIpc) is 2.83. The van der Waals surface area contributed by atoms with Gasteiger partial charge in [-0.3, -0.25) is 19.8 Å². The summed E-state index contributed by atoms with van der Waals surface area (Å²) in [4.78, 5) is 28.8. The first kappa shape index (κ1) is 26.7. The molecule has 1 aliphatic heterocycles. The second-order valence-electron chi connectivity index (χ2n) is 7.79. The lowest BCUT2D eigenvalue weighted by molar-refractivity contribution is -0.134. The molecule has 9 nitrogen and oxygen atoms in total. The number of nitrogens with zero attached hydrogens (tertiary/aromatic N) is 1. The fourth-order valence-electron chi connectivity index (χ4n) is 3.56. The van der Waals surface area contributed by atoms with Gasteiger partial charge in [-0.05, 0) is 50.5 Å². The van der Waals surface area contributed by atoms with Crippen molar-refractivity contribution >= 4 is 34.1 Å². The van der Waals surface area contributed by atoms with E-state index in [4.69, 9.17) is 9.94 Å². The molecule has 1 atom stereocenters. The van der Waals surface area contributed by atoms with Gasteiger partial charge in [0.05, 0.1) is 16.2 Å². The second-order valence-corrected chi connectivity index (χ2v) is 10.1. The number of ether oxygens (including phenoxy) is 1. The Hall–Kier alpha value is -2.53. The molecule has 0 saturated carbocycles. The Morgan fingerprint density at radius 3 is 2.30 bits per heavy atom. The molecule has 1 saturated heterocycles. The number of pyridine rings is 1. The minimum absolute atomic E-state index is 0. The van der Waals surface area contributed by atoms with Crippen molar-refractivity contribution in [2.45, 2.75) is 48.8 Å². The number of rotatable bonds is 7.